The fraction of sp³-hybridized carbons (Fsp3) is 0.611. The smallest absolute Gasteiger partial charge is 0.225 e. The topological polar surface area (TPSA) is 32.8 Å². The van der Waals surface area contributed by atoms with Crippen LogP contribution < -0.4 is 4.74 Å². The molecule has 1 heterocycles. The van der Waals surface area contributed by atoms with Gasteiger partial charge in [0.05, 0.1) is 7.11 Å². The Labute approximate surface area is 137 Å². The molecule has 0 bridgehead atoms. The summed E-state index contributed by atoms with van der Waals surface area (Å²) >= 11 is 0. The van der Waals surface area contributed by atoms with Gasteiger partial charge in [0.2, 0.25) is 5.91 Å². The van der Waals surface area contributed by atoms with Crippen molar-refractivity contribution in [3.63, 3.8) is 0 Å². The Kier molecular flexibility index (Phi) is 5.16. The van der Waals surface area contributed by atoms with E-state index in [1.165, 1.54) is 13.5 Å². The SMILES string of the molecule is COc1ccc(CN2CCCN(C(=O)C3CCC3)CC2)cc1F. The van der Waals surface area contributed by atoms with Gasteiger partial charge in [-0.25, -0.2) is 4.39 Å². The molecule has 126 valence electrons. The van der Waals surface area contributed by atoms with Gasteiger partial charge in [-0.3, -0.25) is 9.69 Å². The van der Waals surface area contributed by atoms with E-state index in [-0.39, 0.29) is 17.5 Å². The highest BCUT2D eigenvalue weighted by atomic mass is 19.1. The molecule has 3 rings (SSSR count). The first kappa shape index (κ1) is 16.2. The summed E-state index contributed by atoms with van der Waals surface area (Å²) in [6.45, 7) is 4.15. The molecule has 1 aromatic rings. The Morgan fingerprint density at radius 3 is 2.70 bits per heavy atom. The number of ether oxygens (including phenoxy) is 1. The van der Waals surface area contributed by atoms with E-state index in [2.05, 4.69) is 4.90 Å². The number of carbonyl (C=O) groups is 1. The van der Waals surface area contributed by atoms with Gasteiger partial charge in [0.1, 0.15) is 0 Å². The molecule has 1 aliphatic heterocycles. The zero-order chi connectivity index (χ0) is 16.2. The molecule has 0 radical (unpaired) electrons. The molecule has 0 N–H and O–H groups in total. The highest BCUT2D eigenvalue weighted by Gasteiger charge is 2.30. The molecule has 1 aromatic carbocycles. The maximum Gasteiger partial charge on any atom is 0.225 e. The van der Waals surface area contributed by atoms with Crippen molar-refractivity contribution in [2.75, 3.05) is 33.3 Å². The number of hydrogen-bond acceptors (Lipinski definition) is 3. The second-order valence-electron chi connectivity index (χ2n) is 6.55. The molecule has 5 heteroatoms. The molecule has 0 aromatic heterocycles. The normalized spacial score (nSPS) is 20.0. The standard InChI is InChI=1S/C18H25FN2O2/c1-23-17-7-6-14(12-16(17)19)13-20-8-3-9-21(11-10-20)18(22)15-4-2-5-15/h6-7,12,15H,2-5,8-11,13H2,1H3. The van der Waals surface area contributed by atoms with Crippen molar-refractivity contribution in [1.82, 2.24) is 9.80 Å². The third kappa shape index (κ3) is 3.83. The van der Waals surface area contributed by atoms with Crippen molar-refractivity contribution in [2.45, 2.75) is 32.2 Å². The first-order valence-electron chi connectivity index (χ1n) is 8.51. The second-order valence-corrected chi connectivity index (χ2v) is 6.55. The molecular weight excluding hydrogens is 295 g/mol. The number of hydrogen-bond donors (Lipinski definition) is 0. The van der Waals surface area contributed by atoms with Crippen molar-refractivity contribution in [2.24, 2.45) is 5.92 Å². The maximum atomic E-state index is 13.8. The minimum Gasteiger partial charge on any atom is -0.494 e. The Bertz CT molecular complexity index is 560. The summed E-state index contributed by atoms with van der Waals surface area (Å²) in [6, 6.07) is 5.13. The molecule has 0 spiro atoms. The fourth-order valence-electron chi connectivity index (χ4n) is 3.33. The van der Waals surface area contributed by atoms with Crippen LogP contribution in [0.4, 0.5) is 4.39 Å². The van der Waals surface area contributed by atoms with Gasteiger partial charge in [-0.15, -0.1) is 0 Å². The van der Waals surface area contributed by atoms with Gasteiger partial charge in [0.25, 0.3) is 0 Å². The van der Waals surface area contributed by atoms with Gasteiger partial charge in [-0.05, 0) is 37.0 Å². The van der Waals surface area contributed by atoms with Crippen LogP contribution in [0.15, 0.2) is 18.2 Å². The highest BCUT2D eigenvalue weighted by Crippen LogP contribution is 2.28. The molecule has 1 aliphatic carbocycles. The number of rotatable bonds is 4. The maximum absolute atomic E-state index is 13.8. The number of methoxy groups -OCH3 is 1. The van der Waals surface area contributed by atoms with Crippen LogP contribution in [0.3, 0.4) is 0 Å². The zero-order valence-electron chi connectivity index (χ0n) is 13.8. The van der Waals surface area contributed by atoms with E-state index in [1.807, 2.05) is 11.0 Å². The molecule has 2 fully saturated rings. The van der Waals surface area contributed by atoms with Gasteiger partial charge in [0, 0.05) is 38.6 Å². The molecule has 1 amide bonds. The Balaban J connectivity index is 1.55. The molecule has 0 atom stereocenters. The molecule has 23 heavy (non-hydrogen) atoms. The molecule has 2 aliphatic rings. The minimum atomic E-state index is -0.318. The van der Waals surface area contributed by atoms with E-state index < -0.39 is 0 Å². The van der Waals surface area contributed by atoms with Crippen LogP contribution in [0, 0.1) is 11.7 Å². The predicted molar refractivity (Wildman–Crippen MR) is 86.8 cm³/mol. The van der Waals surface area contributed by atoms with Gasteiger partial charge < -0.3 is 9.64 Å². The van der Waals surface area contributed by atoms with Gasteiger partial charge in [0.15, 0.2) is 11.6 Å². The van der Waals surface area contributed by atoms with Crippen LogP contribution >= 0.6 is 0 Å². The van der Waals surface area contributed by atoms with Gasteiger partial charge >= 0.3 is 0 Å². The quantitative estimate of drug-likeness (QED) is 0.855. The summed E-state index contributed by atoms with van der Waals surface area (Å²) in [5, 5.41) is 0. The largest absolute Gasteiger partial charge is 0.494 e. The number of amides is 1. The van der Waals surface area contributed by atoms with Crippen LogP contribution in [0.1, 0.15) is 31.2 Å². The summed E-state index contributed by atoms with van der Waals surface area (Å²) in [7, 11) is 1.47. The first-order valence-corrected chi connectivity index (χ1v) is 8.51. The van der Waals surface area contributed by atoms with Crippen LogP contribution in [-0.2, 0) is 11.3 Å². The summed E-state index contributed by atoms with van der Waals surface area (Å²) < 4.78 is 18.7. The summed E-state index contributed by atoms with van der Waals surface area (Å²) in [5.41, 5.74) is 0.946. The van der Waals surface area contributed by atoms with Crippen LogP contribution in [0.25, 0.3) is 0 Å². The van der Waals surface area contributed by atoms with Gasteiger partial charge in [-0.2, -0.15) is 0 Å². The zero-order valence-corrected chi connectivity index (χ0v) is 13.8. The van der Waals surface area contributed by atoms with E-state index in [0.29, 0.717) is 12.5 Å². The first-order chi connectivity index (χ1) is 11.2. The number of nitrogens with zero attached hydrogens (tertiary/aromatic N) is 2. The Hall–Kier alpha value is -1.62. The third-order valence-electron chi connectivity index (χ3n) is 4.98. The van der Waals surface area contributed by atoms with E-state index in [4.69, 9.17) is 4.74 Å². The number of benzene rings is 1. The van der Waals surface area contributed by atoms with E-state index in [0.717, 1.165) is 51.0 Å². The summed E-state index contributed by atoms with van der Waals surface area (Å²) in [6.07, 6.45) is 4.30. The lowest BCUT2D eigenvalue weighted by atomic mass is 9.84. The van der Waals surface area contributed by atoms with Crippen LogP contribution in [0.5, 0.6) is 5.75 Å². The Morgan fingerprint density at radius 2 is 2.04 bits per heavy atom. The molecule has 4 nitrogen and oxygen atoms in total. The number of halogens is 1. The lowest BCUT2D eigenvalue weighted by Crippen LogP contribution is -2.41. The van der Waals surface area contributed by atoms with Crippen molar-refractivity contribution >= 4 is 5.91 Å². The van der Waals surface area contributed by atoms with Crippen LogP contribution in [0.2, 0.25) is 0 Å². The van der Waals surface area contributed by atoms with Crippen LogP contribution in [-0.4, -0.2) is 49.0 Å². The minimum absolute atomic E-state index is 0.275. The van der Waals surface area contributed by atoms with E-state index >= 15 is 0 Å². The van der Waals surface area contributed by atoms with Crippen molar-refractivity contribution in [3.8, 4) is 5.75 Å². The average molecular weight is 320 g/mol. The summed E-state index contributed by atoms with van der Waals surface area (Å²) in [4.78, 5) is 16.7. The third-order valence-corrected chi connectivity index (χ3v) is 4.98. The molecular formula is C18H25FN2O2. The van der Waals surface area contributed by atoms with Crippen molar-refractivity contribution < 1.29 is 13.9 Å². The predicted octanol–water partition coefficient (Wildman–Crippen LogP) is 2.67. The molecule has 1 saturated heterocycles. The fourth-order valence-corrected chi connectivity index (χ4v) is 3.33. The lowest BCUT2D eigenvalue weighted by Gasteiger charge is -2.31. The van der Waals surface area contributed by atoms with Crippen molar-refractivity contribution in [3.05, 3.63) is 29.6 Å². The van der Waals surface area contributed by atoms with Gasteiger partial charge in [-0.1, -0.05) is 12.5 Å². The highest BCUT2D eigenvalue weighted by molar-refractivity contribution is 5.79. The van der Waals surface area contributed by atoms with Crippen molar-refractivity contribution in [1.29, 1.82) is 0 Å². The summed E-state index contributed by atoms with van der Waals surface area (Å²) in [5.74, 6) is 0.578. The molecule has 1 saturated carbocycles. The van der Waals surface area contributed by atoms with E-state index in [9.17, 15) is 9.18 Å². The Morgan fingerprint density at radius 1 is 1.22 bits per heavy atom. The second kappa shape index (κ2) is 7.30. The lowest BCUT2D eigenvalue weighted by molar-refractivity contribution is -0.138. The monoisotopic (exact) mass is 320 g/mol. The average Bonchev–Trinajstić information content (AvgIpc) is 2.71. The molecule has 0 unspecified atom stereocenters. The number of carbonyl (C=O) groups excluding carboxylic acids is 1. The van der Waals surface area contributed by atoms with E-state index in [1.54, 1.807) is 12.1 Å².